The van der Waals surface area contributed by atoms with E-state index in [-0.39, 0.29) is 17.9 Å². The summed E-state index contributed by atoms with van der Waals surface area (Å²) in [6, 6.07) is 7.55. The molecule has 0 aliphatic carbocycles. The highest BCUT2D eigenvalue weighted by atomic mass is 16.5. The minimum absolute atomic E-state index is 0.110. The van der Waals surface area contributed by atoms with Crippen molar-refractivity contribution < 1.29 is 9.53 Å². The predicted octanol–water partition coefficient (Wildman–Crippen LogP) is 1.90. The SMILES string of the molecule is C#CCC(CC#C)C(=O)N[C@@H]1COc2ccccc21. The Morgan fingerprint density at radius 3 is 2.74 bits per heavy atom. The third-order valence-corrected chi connectivity index (χ3v) is 3.12. The highest BCUT2D eigenvalue weighted by molar-refractivity contribution is 5.80. The van der Waals surface area contributed by atoms with Crippen LogP contribution >= 0.6 is 0 Å². The van der Waals surface area contributed by atoms with Gasteiger partial charge in [-0.1, -0.05) is 18.2 Å². The highest BCUT2D eigenvalue weighted by Crippen LogP contribution is 2.31. The van der Waals surface area contributed by atoms with Gasteiger partial charge >= 0.3 is 0 Å². The normalized spacial score (nSPS) is 16.1. The van der Waals surface area contributed by atoms with E-state index >= 15 is 0 Å². The summed E-state index contributed by atoms with van der Waals surface area (Å²) in [6.45, 7) is 0.448. The number of terminal acetylenes is 2. The Hall–Kier alpha value is -2.39. The number of hydrogen-bond acceptors (Lipinski definition) is 2. The quantitative estimate of drug-likeness (QED) is 0.832. The molecule has 1 N–H and O–H groups in total. The van der Waals surface area contributed by atoms with E-state index in [1.54, 1.807) is 0 Å². The van der Waals surface area contributed by atoms with Gasteiger partial charge in [0.1, 0.15) is 12.4 Å². The van der Waals surface area contributed by atoms with Crippen LogP contribution in [0.5, 0.6) is 5.75 Å². The lowest BCUT2D eigenvalue weighted by atomic mass is 10.00. The molecule has 3 heteroatoms. The van der Waals surface area contributed by atoms with Crippen molar-refractivity contribution in [2.45, 2.75) is 18.9 Å². The fourth-order valence-electron chi connectivity index (χ4n) is 2.11. The molecular weight excluding hydrogens is 238 g/mol. The van der Waals surface area contributed by atoms with Gasteiger partial charge in [0, 0.05) is 18.4 Å². The molecule has 1 aliphatic heterocycles. The maximum Gasteiger partial charge on any atom is 0.225 e. The molecule has 0 aromatic heterocycles. The predicted molar refractivity (Wildman–Crippen MR) is 73.2 cm³/mol. The smallest absolute Gasteiger partial charge is 0.225 e. The average Bonchev–Trinajstić information content (AvgIpc) is 2.82. The number of para-hydroxylation sites is 1. The number of ether oxygens (including phenoxy) is 1. The Bertz CT molecular complexity index is 535. The topological polar surface area (TPSA) is 38.3 Å². The second-order valence-corrected chi connectivity index (χ2v) is 4.42. The molecule has 1 amide bonds. The zero-order valence-corrected chi connectivity index (χ0v) is 10.6. The molecule has 0 unspecified atom stereocenters. The van der Waals surface area contributed by atoms with E-state index in [0.29, 0.717) is 19.4 Å². The Labute approximate surface area is 113 Å². The molecule has 1 heterocycles. The summed E-state index contributed by atoms with van der Waals surface area (Å²) in [6.07, 6.45) is 11.2. The number of benzene rings is 1. The molecule has 1 aromatic rings. The van der Waals surface area contributed by atoms with Crippen LogP contribution in [0.3, 0.4) is 0 Å². The van der Waals surface area contributed by atoms with Crippen molar-refractivity contribution in [3.8, 4) is 30.4 Å². The first-order valence-electron chi connectivity index (χ1n) is 6.15. The number of carbonyl (C=O) groups is 1. The van der Waals surface area contributed by atoms with Crippen LogP contribution in [-0.2, 0) is 4.79 Å². The molecule has 0 saturated heterocycles. The van der Waals surface area contributed by atoms with E-state index in [0.717, 1.165) is 11.3 Å². The van der Waals surface area contributed by atoms with Crippen molar-refractivity contribution in [2.24, 2.45) is 5.92 Å². The summed E-state index contributed by atoms with van der Waals surface area (Å²) in [5.74, 6) is 5.36. The van der Waals surface area contributed by atoms with Gasteiger partial charge in [0.25, 0.3) is 0 Å². The second-order valence-electron chi connectivity index (χ2n) is 4.42. The largest absolute Gasteiger partial charge is 0.491 e. The molecule has 0 radical (unpaired) electrons. The maximum absolute atomic E-state index is 12.1. The summed E-state index contributed by atoms with van der Waals surface area (Å²) in [7, 11) is 0. The van der Waals surface area contributed by atoms with E-state index in [1.165, 1.54) is 0 Å². The third kappa shape index (κ3) is 2.89. The summed E-state index contributed by atoms with van der Waals surface area (Å²) in [5.41, 5.74) is 0.996. The Morgan fingerprint density at radius 2 is 2.05 bits per heavy atom. The van der Waals surface area contributed by atoms with Crippen LogP contribution in [0.2, 0.25) is 0 Å². The summed E-state index contributed by atoms with van der Waals surface area (Å²) in [5, 5.41) is 2.95. The number of carbonyl (C=O) groups excluding carboxylic acids is 1. The highest BCUT2D eigenvalue weighted by Gasteiger charge is 2.27. The minimum Gasteiger partial charge on any atom is -0.491 e. The summed E-state index contributed by atoms with van der Waals surface area (Å²) in [4.78, 5) is 12.1. The van der Waals surface area contributed by atoms with Gasteiger partial charge in [0.15, 0.2) is 0 Å². The summed E-state index contributed by atoms with van der Waals surface area (Å²) >= 11 is 0. The van der Waals surface area contributed by atoms with Crippen molar-refractivity contribution in [1.29, 1.82) is 0 Å². The van der Waals surface area contributed by atoms with Gasteiger partial charge in [-0.25, -0.2) is 0 Å². The number of hydrogen-bond donors (Lipinski definition) is 1. The molecule has 0 fully saturated rings. The fourth-order valence-corrected chi connectivity index (χ4v) is 2.11. The Kier molecular flexibility index (Phi) is 4.11. The van der Waals surface area contributed by atoms with E-state index in [1.807, 2.05) is 24.3 Å². The van der Waals surface area contributed by atoms with Crippen LogP contribution in [0, 0.1) is 30.6 Å². The zero-order chi connectivity index (χ0) is 13.7. The first-order valence-corrected chi connectivity index (χ1v) is 6.15. The average molecular weight is 253 g/mol. The van der Waals surface area contributed by atoms with Crippen molar-refractivity contribution in [2.75, 3.05) is 6.61 Å². The monoisotopic (exact) mass is 253 g/mol. The zero-order valence-electron chi connectivity index (χ0n) is 10.6. The second kappa shape index (κ2) is 5.98. The van der Waals surface area contributed by atoms with Crippen LogP contribution < -0.4 is 10.1 Å². The van der Waals surface area contributed by atoms with Crippen molar-refractivity contribution in [3.05, 3.63) is 29.8 Å². The Morgan fingerprint density at radius 1 is 1.37 bits per heavy atom. The van der Waals surface area contributed by atoms with Crippen LogP contribution in [0.1, 0.15) is 24.4 Å². The molecular formula is C16H15NO2. The van der Waals surface area contributed by atoms with Crippen LogP contribution in [0.4, 0.5) is 0 Å². The lowest BCUT2D eigenvalue weighted by molar-refractivity contribution is -0.125. The van der Waals surface area contributed by atoms with Gasteiger partial charge in [-0.15, -0.1) is 24.7 Å². The number of fused-ring (bicyclic) bond motifs is 1. The molecule has 1 atom stereocenters. The van der Waals surface area contributed by atoms with E-state index in [9.17, 15) is 4.79 Å². The van der Waals surface area contributed by atoms with Crippen molar-refractivity contribution in [3.63, 3.8) is 0 Å². The van der Waals surface area contributed by atoms with Crippen LogP contribution in [0.25, 0.3) is 0 Å². The maximum atomic E-state index is 12.1. The van der Waals surface area contributed by atoms with E-state index in [2.05, 4.69) is 17.2 Å². The van der Waals surface area contributed by atoms with E-state index < -0.39 is 0 Å². The van der Waals surface area contributed by atoms with Gasteiger partial charge in [-0.05, 0) is 6.07 Å². The first kappa shape index (κ1) is 13.1. The van der Waals surface area contributed by atoms with Crippen LogP contribution in [-0.4, -0.2) is 12.5 Å². The van der Waals surface area contributed by atoms with Gasteiger partial charge in [0.05, 0.1) is 12.0 Å². The molecule has 0 bridgehead atoms. The van der Waals surface area contributed by atoms with Crippen molar-refractivity contribution in [1.82, 2.24) is 5.32 Å². The number of rotatable bonds is 4. The van der Waals surface area contributed by atoms with E-state index in [4.69, 9.17) is 17.6 Å². The van der Waals surface area contributed by atoms with Crippen molar-refractivity contribution >= 4 is 5.91 Å². The molecule has 3 nitrogen and oxygen atoms in total. The molecule has 0 saturated carbocycles. The molecule has 2 rings (SSSR count). The molecule has 1 aliphatic rings. The van der Waals surface area contributed by atoms with Gasteiger partial charge in [-0.2, -0.15) is 0 Å². The molecule has 19 heavy (non-hydrogen) atoms. The standard InChI is InChI=1S/C16H15NO2/c1-3-7-12(8-4-2)16(18)17-14-11-19-15-10-6-5-9-13(14)15/h1-2,5-6,9-10,12,14H,7-8,11H2,(H,17,18)/t14-/m1/s1. The number of nitrogens with one attached hydrogen (secondary N) is 1. The summed E-state index contributed by atoms with van der Waals surface area (Å²) < 4.78 is 5.52. The minimum atomic E-state index is -0.331. The third-order valence-electron chi connectivity index (χ3n) is 3.12. The molecule has 0 spiro atoms. The van der Waals surface area contributed by atoms with Gasteiger partial charge in [-0.3, -0.25) is 4.79 Å². The van der Waals surface area contributed by atoms with Gasteiger partial charge in [0.2, 0.25) is 5.91 Å². The number of amides is 1. The fraction of sp³-hybridized carbons (Fsp3) is 0.312. The molecule has 96 valence electrons. The first-order chi connectivity index (χ1) is 9.26. The van der Waals surface area contributed by atoms with Crippen LogP contribution in [0.15, 0.2) is 24.3 Å². The van der Waals surface area contributed by atoms with Gasteiger partial charge < -0.3 is 10.1 Å². The molecule has 1 aromatic carbocycles. The Balaban J connectivity index is 2.04. The lowest BCUT2D eigenvalue weighted by Crippen LogP contribution is -2.34. The lowest BCUT2D eigenvalue weighted by Gasteiger charge is -2.16.